The van der Waals surface area contributed by atoms with E-state index in [2.05, 4.69) is 21.2 Å². The maximum absolute atomic E-state index is 12.2. The van der Waals surface area contributed by atoms with Crippen LogP contribution in [0.15, 0.2) is 53.0 Å². The number of methoxy groups -OCH3 is 1. The van der Waals surface area contributed by atoms with E-state index in [0.29, 0.717) is 35.7 Å². The average molecular weight is 473 g/mol. The Labute approximate surface area is 182 Å². The number of carbonyl (C=O) groups is 3. The van der Waals surface area contributed by atoms with Crippen molar-refractivity contribution < 1.29 is 23.9 Å². The molecule has 0 aromatic heterocycles. The normalized spacial score (nSPS) is 13.5. The van der Waals surface area contributed by atoms with Crippen LogP contribution in [0.2, 0.25) is 0 Å². The molecule has 1 heterocycles. The molecule has 0 saturated carbocycles. The molecule has 156 valence electrons. The minimum atomic E-state index is -0.657. The lowest BCUT2D eigenvalue weighted by molar-refractivity contribution is -0.142. The van der Waals surface area contributed by atoms with Gasteiger partial charge >= 0.3 is 5.97 Å². The van der Waals surface area contributed by atoms with Crippen LogP contribution in [0.1, 0.15) is 18.4 Å². The van der Waals surface area contributed by atoms with Gasteiger partial charge in [-0.2, -0.15) is 0 Å². The van der Waals surface area contributed by atoms with E-state index in [1.165, 1.54) is 13.2 Å². The number of para-hydroxylation sites is 2. The van der Waals surface area contributed by atoms with Crippen molar-refractivity contribution in [3.8, 4) is 5.75 Å². The molecular formula is C22H21BrN2O5. The molecule has 0 spiro atoms. The van der Waals surface area contributed by atoms with Crippen LogP contribution in [0.3, 0.4) is 0 Å². The smallest absolute Gasteiger partial charge is 0.331 e. The summed E-state index contributed by atoms with van der Waals surface area (Å²) in [6, 6.07) is 12.4. The first-order valence-electron chi connectivity index (χ1n) is 9.35. The van der Waals surface area contributed by atoms with E-state index >= 15 is 0 Å². The minimum absolute atomic E-state index is 0.0243. The second-order valence-electron chi connectivity index (χ2n) is 6.54. The number of anilines is 2. The first-order chi connectivity index (χ1) is 14.5. The van der Waals surface area contributed by atoms with Crippen LogP contribution in [0, 0.1) is 0 Å². The van der Waals surface area contributed by atoms with Crippen LogP contribution in [-0.2, 0) is 19.1 Å². The number of hydrogen-bond donors (Lipinski definition) is 1. The summed E-state index contributed by atoms with van der Waals surface area (Å²) in [6.45, 7) is 0.172. The maximum Gasteiger partial charge on any atom is 0.331 e. The predicted octanol–water partition coefficient (Wildman–Crippen LogP) is 3.78. The van der Waals surface area contributed by atoms with Crippen molar-refractivity contribution >= 4 is 51.2 Å². The van der Waals surface area contributed by atoms with Gasteiger partial charge in [0.2, 0.25) is 5.91 Å². The Morgan fingerprint density at radius 2 is 2.03 bits per heavy atom. The van der Waals surface area contributed by atoms with Crippen LogP contribution in [0.4, 0.5) is 11.4 Å². The van der Waals surface area contributed by atoms with Crippen LogP contribution in [-0.4, -0.2) is 38.0 Å². The number of carbonyl (C=O) groups excluding carboxylic acids is 3. The topological polar surface area (TPSA) is 84.9 Å². The highest BCUT2D eigenvalue weighted by Gasteiger charge is 2.24. The Balaban J connectivity index is 1.57. The van der Waals surface area contributed by atoms with Gasteiger partial charge in [-0.05, 0) is 42.8 Å². The summed E-state index contributed by atoms with van der Waals surface area (Å²) >= 11 is 3.36. The van der Waals surface area contributed by atoms with Crippen molar-refractivity contribution in [2.75, 3.05) is 30.5 Å². The van der Waals surface area contributed by atoms with Gasteiger partial charge in [0.05, 0.1) is 18.5 Å². The van der Waals surface area contributed by atoms with Gasteiger partial charge in [-0.25, -0.2) is 4.79 Å². The van der Waals surface area contributed by atoms with Gasteiger partial charge in [-0.3, -0.25) is 9.59 Å². The van der Waals surface area contributed by atoms with E-state index in [4.69, 9.17) is 9.47 Å². The zero-order chi connectivity index (χ0) is 21.5. The van der Waals surface area contributed by atoms with Crippen molar-refractivity contribution in [2.24, 2.45) is 0 Å². The van der Waals surface area contributed by atoms with Crippen LogP contribution in [0.5, 0.6) is 5.75 Å². The molecule has 0 aliphatic carbocycles. The number of nitrogens with one attached hydrogen (secondary N) is 1. The molecule has 3 rings (SSSR count). The van der Waals surface area contributed by atoms with Gasteiger partial charge < -0.3 is 19.7 Å². The molecule has 2 aromatic carbocycles. The summed E-state index contributed by atoms with van der Waals surface area (Å²) in [5.41, 5.74) is 1.84. The number of amides is 2. The minimum Gasteiger partial charge on any atom is -0.496 e. The van der Waals surface area contributed by atoms with Gasteiger partial charge in [0.1, 0.15) is 5.75 Å². The number of esters is 1. The molecular weight excluding hydrogens is 452 g/mol. The van der Waals surface area contributed by atoms with Crippen molar-refractivity contribution in [2.45, 2.75) is 12.8 Å². The quantitative estimate of drug-likeness (QED) is 0.489. The molecule has 2 aromatic rings. The molecule has 30 heavy (non-hydrogen) atoms. The van der Waals surface area contributed by atoms with Crippen molar-refractivity contribution in [1.82, 2.24) is 0 Å². The summed E-state index contributed by atoms with van der Waals surface area (Å²) < 4.78 is 11.1. The summed E-state index contributed by atoms with van der Waals surface area (Å²) in [4.78, 5) is 37.9. The molecule has 1 aliphatic heterocycles. The van der Waals surface area contributed by atoms with Crippen molar-refractivity contribution in [1.29, 1.82) is 0 Å². The van der Waals surface area contributed by atoms with E-state index in [0.717, 1.165) is 10.9 Å². The number of nitrogens with zero attached hydrogens (tertiary/aromatic N) is 1. The second kappa shape index (κ2) is 10.1. The van der Waals surface area contributed by atoms with Gasteiger partial charge in [0.25, 0.3) is 5.91 Å². The number of benzene rings is 2. The molecule has 2 amide bonds. The Kier molecular flexibility index (Phi) is 7.24. The molecule has 0 bridgehead atoms. The molecule has 0 atom stereocenters. The van der Waals surface area contributed by atoms with Gasteiger partial charge in [0, 0.05) is 29.1 Å². The predicted molar refractivity (Wildman–Crippen MR) is 117 cm³/mol. The second-order valence-corrected chi connectivity index (χ2v) is 7.46. The fourth-order valence-corrected chi connectivity index (χ4v) is 3.46. The van der Waals surface area contributed by atoms with Crippen LogP contribution < -0.4 is 15.0 Å². The molecule has 7 nitrogen and oxygen atoms in total. The lowest BCUT2D eigenvalue weighted by Gasteiger charge is -2.19. The number of halogens is 1. The largest absolute Gasteiger partial charge is 0.496 e. The van der Waals surface area contributed by atoms with Crippen LogP contribution >= 0.6 is 15.9 Å². The molecule has 1 saturated heterocycles. The number of rotatable bonds is 7. The summed E-state index contributed by atoms with van der Waals surface area (Å²) in [7, 11) is 1.54. The van der Waals surface area contributed by atoms with Crippen molar-refractivity contribution in [3.63, 3.8) is 0 Å². The van der Waals surface area contributed by atoms with E-state index in [-0.39, 0.29) is 5.91 Å². The Morgan fingerprint density at radius 1 is 1.23 bits per heavy atom. The van der Waals surface area contributed by atoms with Gasteiger partial charge in [-0.1, -0.05) is 28.1 Å². The first kappa shape index (κ1) is 21.6. The van der Waals surface area contributed by atoms with Gasteiger partial charge in [0.15, 0.2) is 6.61 Å². The lowest BCUT2D eigenvalue weighted by atomic mass is 10.2. The van der Waals surface area contributed by atoms with Crippen LogP contribution in [0.25, 0.3) is 6.08 Å². The van der Waals surface area contributed by atoms with E-state index in [1.807, 2.05) is 6.07 Å². The Hall–Kier alpha value is -3.13. The Morgan fingerprint density at radius 3 is 2.77 bits per heavy atom. The molecule has 0 unspecified atom stereocenters. The zero-order valence-corrected chi connectivity index (χ0v) is 18.0. The molecule has 1 N–H and O–H groups in total. The fraction of sp³-hybridized carbons (Fsp3) is 0.227. The SMILES string of the molecule is COc1ccc(Br)cc1/C=C/C(=O)OCC(=O)Nc1ccccc1N1CCCC1=O. The molecule has 8 heteroatoms. The van der Waals surface area contributed by atoms with E-state index in [1.54, 1.807) is 47.4 Å². The zero-order valence-electron chi connectivity index (χ0n) is 16.4. The third-order valence-corrected chi connectivity index (χ3v) is 4.97. The summed E-state index contributed by atoms with van der Waals surface area (Å²) in [5, 5.41) is 2.70. The number of ether oxygens (including phenoxy) is 2. The molecule has 1 aliphatic rings. The molecule has 1 fully saturated rings. The highest BCUT2D eigenvalue weighted by Crippen LogP contribution is 2.29. The first-order valence-corrected chi connectivity index (χ1v) is 10.1. The third-order valence-electron chi connectivity index (χ3n) is 4.48. The highest BCUT2D eigenvalue weighted by molar-refractivity contribution is 9.10. The fourth-order valence-electron chi connectivity index (χ4n) is 3.08. The van der Waals surface area contributed by atoms with E-state index in [9.17, 15) is 14.4 Å². The monoisotopic (exact) mass is 472 g/mol. The van der Waals surface area contributed by atoms with Gasteiger partial charge in [-0.15, -0.1) is 0 Å². The lowest BCUT2D eigenvalue weighted by Crippen LogP contribution is -2.26. The third kappa shape index (κ3) is 5.48. The summed E-state index contributed by atoms with van der Waals surface area (Å²) in [6.07, 6.45) is 4.06. The van der Waals surface area contributed by atoms with Crippen molar-refractivity contribution in [3.05, 3.63) is 58.6 Å². The maximum atomic E-state index is 12.2. The summed E-state index contributed by atoms with van der Waals surface area (Å²) in [5.74, 6) is -0.518. The molecule has 0 radical (unpaired) electrons. The highest BCUT2D eigenvalue weighted by atomic mass is 79.9. The standard InChI is InChI=1S/C22H21BrN2O5/c1-29-19-10-9-16(23)13-15(19)8-11-22(28)30-14-20(26)24-17-5-2-3-6-18(17)25-12-4-7-21(25)27/h2-3,5-6,8-11,13H,4,7,12,14H2,1H3,(H,24,26)/b11-8+. The Bertz CT molecular complexity index is 989. The van der Waals surface area contributed by atoms with E-state index < -0.39 is 18.5 Å². The average Bonchev–Trinajstić information content (AvgIpc) is 3.17. The number of hydrogen-bond acceptors (Lipinski definition) is 5.